The molecule has 13 heavy (non-hydrogen) atoms. The number of hydrogen-bond donors (Lipinski definition) is 0. The van der Waals surface area contributed by atoms with E-state index in [1.165, 1.54) is 0 Å². The first kappa shape index (κ1) is 11.0. The summed E-state index contributed by atoms with van der Waals surface area (Å²) in [6.45, 7) is 9.14. The molecule has 1 heterocycles. The van der Waals surface area contributed by atoms with Crippen LogP contribution in [0.25, 0.3) is 0 Å². The second-order valence-corrected chi connectivity index (χ2v) is 3.85. The summed E-state index contributed by atoms with van der Waals surface area (Å²) in [5.41, 5.74) is 0. The Morgan fingerprint density at radius 3 is 2.62 bits per heavy atom. The monoisotopic (exact) mass is 188 g/mol. The van der Waals surface area contributed by atoms with Crippen LogP contribution < -0.4 is 0 Å². The van der Waals surface area contributed by atoms with Gasteiger partial charge in [-0.3, -0.25) is 0 Å². The topological polar surface area (TPSA) is 27.7 Å². The van der Waals surface area contributed by atoms with Crippen molar-refractivity contribution in [3.63, 3.8) is 0 Å². The van der Waals surface area contributed by atoms with Crippen LogP contribution in [-0.4, -0.2) is 38.6 Å². The summed E-state index contributed by atoms with van der Waals surface area (Å²) in [7, 11) is 0. The average Bonchev–Trinajstić information content (AvgIpc) is 2.15. The third kappa shape index (κ3) is 4.07. The smallest absolute Gasteiger partial charge is 0.104 e. The molecule has 0 amide bonds. The first-order valence-corrected chi connectivity index (χ1v) is 5.01. The largest absolute Gasteiger partial charge is 0.376 e. The number of rotatable bonds is 4. The molecule has 0 spiro atoms. The van der Waals surface area contributed by atoms with E-state index in [1.54, 1.807) is 0 Å². The van der Waals surface area contributed by atoms with E-state index in [0.717, 1.165) is 6.61 Å². The second-order valence-electron chi connectivity index (χ2n) is 3.85. The van der Waals surface area contributed by atoms with Crippen LogP contribution in [0.3, 0.4) is 0 Å². The van der Waals surface area contributed by atoms with Crippen LogP contribution >= 0.6 is 0 Å². The third-order valence-corrected chi connectivity index (χ3v) is 2.37. The average molecular weight is 188 g/mol. The van der Waals surface area contributed by atoms with Gasteiger partial charge in [-0.1, -0.05) is 13.8 Å². The summed E-state index contributed by atoms with van der Waals surface area (Å²) in [4.78, 5) is 0. The summed E-state index contributed by atoms with van der Waals surface area (Å²) in [5.74, 6) is 0.560. The van der Waals surface area contributed by atoms with E-state index >= 15 is 0 Å². The maximum atomic E-state index is 5.64. The molecule has 3 nitrogen and oxygen atoms in total. The van der Waals surface area contributed by atoms with Crippen molar-refractivity contribution in [2.45, 2.75) is 33.0 Å². The van der Waals surface area contributed by atoms with Crippen LogP contribution in [0, 0.1) is 5.92 Å². The first-order chi connectivity index (χ1) is 6.20. The highest BCUT2D eigenvalue weighted by atomic mass is 16.6. The van der Waals surface area contributed by atoms with Gasteiger partial charge in [0.25, 0.3) is 0 Å². The summed E-state index contributed by atoms with van der Waals surface area (Å²) in [6, 6.07) is 0. The van der Waals surface area contributed by atoms with E-state index in [2.05, 4.69) is 20.8 Å². The van der Waals surface area contributed by atoms with E-state index in [1.807, 2.05) is 0 Å². The van der Waals surface area contributed by atoms with Gasteiger partial charge in [-0.15, -0.1) is 0 Å². The van der Waals surface area contributed by atoms with Crippen LogP contribution in [-0.2, 0) is 14.2 Å². The molecule has 0 saturated carbocycles. The zero-order valence-corrected chi connectivity index (χ0v) is 8.79. The third-order valence-electron chi connectivity index (χ3n) is 2.37. The minimum absolute atomic E-state index is 0.134. The Kier molecular flexibility index (Phi) is 4.70. The minimum atomic E-state index is 0.134. The molecular weight excluding hydrogens is 168 g/mol. The molecule has 0 aliphatic carbocycles. The highest BCUT2D eigenvalue weighted by Gasteiger charge is 2.16. The van der Waals surface area contributed by atoms with Crippen molar-refractivity contribution in [1.82, 2.24) is 0 Å². The Labute approximate surface area is 80.4 Å². The first-order valence-electron chi connectivity index (χ1n) is 5.01. The predicted octanol–water partition coefficient (Wildman–Crippen LogP) is 1.46. The van der Waals surface area contributed by atoms with Gasteiger partial charge in [0.2, 0.25) is 0 Å². The van der Waals surface area contributed by atoms with E-state index in [-0.39, 0.29) is 6.10 Å². The molecule has 0 aromatic carbocycles. The maximum absolute atomic E-state index is 5.64. The molecule has 1 aliphatic rings. The van der Waals surface area contributed by atoms with E-state index < -0.39 is 0 Å². The minimum Gasteiger partial charge on any atom is -0.376 e. The zero-order chi connectivity index (χ0) is 9.68. The molecule has 0 unspecified atom stereocenters. The van der Waals surface area contributed by atoms with Crippen LogP contribution in [0.1, 0.15) is 20.8 Å². The fraction of sp³-hybridized carbons (Fsp3) is 1.00. The molecule has 2 atom stereocenters. The standard InChI is InChI=1S/C10H20O3/c1-8(2)9(3)13-7-10-6-11-4-5-12-10/h8-10H,4-7H2,1-3H3/t9-,10-/m0/s1. The molecule has 1 fully saturated rings. The van der Waals surface area contributed by atoms with Gasteiger partial charge in [0.05, 0.1) is 32.5 Å². The molecule has 0 aromatic heterocycles. The normalized spacial score (nSPS) is 26.3. The molecule has 1 rings (SSSR count). The summed E-state index contributed by atoms with van der Waals surface area (Å²) >= 11 is 0. The van der Waals surface area contributed by atoms with E-state index in [4.69, 9.17) is 14.2 Å². The Morgan fingerprint density at radius 2 is 2.08 bits per heavy atom. The Balaban J connectivity index is 2.10. The van der Waals surface area contributed by atoms with Crippen LogP contribution in [0.5, 0.6) is 0 Å². The van der Waals surface area contributed by atoms with Gasteiger partial charge >= 0.3 is 0 Å². The van der Waals surface area contributed by atoms with E-state index in [9.17, 15) is 0 Å². The van der Waals surface area contributed by atoms with Crippen molar-refractivity contribution in [3.05, 3.63) is 0 Å². The van der Waals surface area contributed by atoms with Crippen LogP contribution in [0.4, 0.5) is 0 Å². The molecule has 0 N–H and O–H groups in total. The molecule has 0 aromatic rings. The fourth-order valence-corrected chi connectivity index (χ4v) is 1.08. The van der Waals surface area contributed by atoms with Gasteiger partial charge in [0.1, 0.15) is 6.10 Å². The molecular formula is C10H20O3. The molecule has 0 bridgehead atoms. The quantitative estimate of drug-likeness (QED) is 0.668. The molecule has 3 heteroatoms. The summed E-state index contributed by atoms with van der Waals surface area (Å²) in [6.07, 6.45) is 0.431. The number of ether oxygens (including phenoxy) is 3. The van der Waals surface area contributed by atoms with Gasteiger partial charge in [-0.2, -0.15) is 0 Å². The lowest BCUT2D eigenvalue weighted by atomic mass is 10.1. The fourth-order valence-electron chi connectivity index (χ4n) is 1.08. The predicted molar refractivity (Wildman–Crippen MR) is 50.8 cm³/mol. The molecule has 1 aliphatic heterocycles. The maximum Gasteiger partial charge on any atom is 0.104 e. The molecule has 78 valence electrons. The van der Waals surface area contributed by atoms with E-state index in [0.29, 0.717) is 31.8 Å². The van der Waals surface area contributed by atoms with Crippen molar-refractivity contribution in [2.24, 2.45) is 5.92 Å². The lowest BCUT2D eigenvalue weighted by Gasteiger charge is -2.25. The van der Waals surface area contributed by atoms with Crippen LogP contribution in [0.2, 0.25) is 0 Å². The van der Waals surface area contributed by atoms with Crippen molar-refractivity contribution in [3.8, 4) is 0 Å². The van der Waals surface area contributed by atoms with Crippen molar-refractivity contribution in [2.75, 3.05) is 26.4 Å². The summed E-state index contributed by atoms with van der Waals surface area (Å²) < 4.78 is 16.4. The highest BCUT2D eigenvalue weighted by molar-refractivity contribution is 4.62. The van der Waals surface area contributed by atoms with Crippen molar-refractivity contribution in [1.29, 1.82) is 0 Å². The SMILES string of the molecule is CC(C)[C@H](C)OC[C@@H]1COCCO1. The summed E-state index contributed by atoms with van der Waals surface area (Å²) in [5, 5.41) is 0. The van der Waals surface area contributed by atoms with Gasteiger partial charge in [-0.25, -0.2) is 0 Å². The van der Waals surface area contributed by atoms with Crippen LogP contribution in [0.15, 0.2) is 0 Å². The Morgan fingerprint density at radius 1 is 1.31 bits per heavy atom. The van der Waals surface area contributed by atoms with Gasteiger partial charge in [-0.05, 0) is 12.8 Å². The van der Waals surface area contributed by atoms with Crippen molar-refractivity contribution < 1.29 is 14.2 Å². The van der Waals surface area contributed by atoms with Gasteiger partial charge in [0, 0.05) is 0 Å². The molecule has 0 radical (unpaired) electrons. The Bertz CT molecular complexity index is 130. The number of hydrogen-bond acceptors (Lipinski definition) is 3. The lowest BCUT2D eigenvalue weighted by molar-refractivity contribution is -0.127. The lowest BCUT2D eigenvalue weighted by Crippen LogP contribution is -2.34. The zero-order valence-electron chi connectivity index (χ0n) is 8.79. The van der Waals surface area contributed by atoms with Gasteiger partial charge < -0.3 is 14.2 Å². The van der Waals surface area contributed by atoms with Gasteiger partial charge in [0.15, 0.2) is 0 Å². The second kappa shape index (κ2) is 5.58. The molecule has 1 saturated heterocycles. The Hall–Kier alpha value is -0.120. The highest BCUT2D eigenvalue weighted by Crippen LogP contribution is 2.08. The van der Waals surface area contributed by atoms with Crippen molar-refractivity contribution >= 4 is 0 Å².